The minimum Gasteiger partial charge on any atom is -0.494 e. The Hall–Kier alpha value is -3.95. The predicted octanol–water partition coefficient (Wildman–Crippen LogP) is 4.59. The number of amides is 3. The molecule has 1 unspecified atom stereocenters. The molecule has 46 heavy (non-hydrogen) atoms. The first-order chi connectivity index (χ1) is 22.0. The van der Waals surface area contributed by atoms with Gasteiger partial charge in [0.2, 0.25) is 11.8 Å². The minimum atomic E-state index is -1.41. The van der Waals surface area contributed by atoms with Gasteiger partial charge in [-0.3, -0.25) is 14.4 Å². The number of aryl methyl sites for hydroxylation is 2. The normalized spacial score (nSPS) is 30.1. The molecule has 0 radical (unpaired) electrons. The van der Waals surface area contributed by atoms with Gasteiger partial charge in [0.05, 0.1) is 36.7 Å². The molecule has 6 rings (SSSR count). The van der Waals surface area contributed by atoms with Crippen LogP contribution in [0.4, 0.5) is 11.4 Å². The van der Waals surface area contributed by atoms with Crippen molar-refractivity contribution < 1.29 is 29.0 Å². The maximum absolute atomic E-state index is 15.0. The third kappa shape index (κ3) is 4.86. The van der Waals surface area contributed by atoms with E-state index >= 15 is 0 Å². The Labute approximate surface area is 271 Å². The number of likely N-dealkylation sites (tertiary alicyclic amines) is 1. The molecule has 0 aromatic heterocycles. The van der Waals surface area contributed by atoms with E-state index in [1.54, 1.807) is 14.7 Å². The molecule has 2 saturated heterocycles. The van der Waals surface area contributed by atoms with E-state index < -0.39 is 35.1 Å². The number of ether oxygens (including phenoxy) is 2. The molecule has 7 atom stereocenters. The molecule has 0 bridgehead atoms. The summed E-state index contributed by atoms with van der Waals surface area (Å²) in [5.41, 5.74) is 0.837. The van der Waals surface area contributed by atoms with Crippen LogP contribution in [0.15, 0.2) is 66.8 Å². The fourth-order valence-electron chi connectivity index (χ4n) is 7.98. The second kappa shape index (κ2) is 12.0. The topological polar surface area (TPSA) is 99.6 Å². The Balaban J connectivity index is 1.49. The van der Waals surface area contributed by atoms with Crippen molar-refractivity contribution in [2.24, 2.45) is 17.8 Å². The number of fused-ring (bicyclic) bond motifs is 2. The van der Waals surface area contributed by atoms with Gasteiger partial charge in [0.25, 0.3) is 5.91 Å². The molecule has 4 aliphatic rings. The zero-order chi connectivity index (χ0) is 33.0. The van der Waals surface area contributed by atoms with E-state index in [0.29, 0.717) is 31.0 Å². The van der Waals surface area contributed by atoms with Gasteiger partial charge in [-0.15, -0.1) is 0 Å². The molecule has 3 amide bonds. The summed E-state index contributed by atoms with van der Waals surface area (Å²) in [6.45, 7) is 12.5. The molecule has 0 saturated carbocycles. The lowest BCUT2D eigenvalue weighted by molar-refractivity contribution is -0.149. The number of rotatable bonds is 8. The lowest BCUT2D eigenvalue weighted by Gasteiger charge is -2.41. The highest BCUT2D eigenvalue weighted by molar-refractivity contribution is 6.08. The van der Waals surface area contributed by atoms with E-state index in [4.69, 9.17) is 9.47 Å². The predicted molar refractivity (Wildman–Crippen MR) is 177 cm³/mol. The lowest BCUT2D eigenvalue weighted by Crippen LogP contribution is -2.60. The van der Waals surface area contributed by atoms with Crippen molar-refractivity contribution in [3.8, 4) is 5.75 Å². The third-order valence-corrected chi connectivity index (χ3v) is 10.5. The van der Waals surface area contributed by atoms with Crippen molar-refractivity contribution in [3.05, 3.63) is 77.9 Å². The van der Waals surface area contributed by atoms with Gasteiger partial charge < -0.3 is 29.3 Å². The van der Waals surface area contributed by atoms with Gasteiger partial charge in [0, 0.05) is 24.5 Å². The van der Waals surface area contributed by atoms with Crippen LogP contribution in [0.2, 0.25) is 0 Å². The van der Waals surface area contributed by atoms with Crippen molar-refractivity contribution in [1.82, 2.24) is 4.90 Å². The van der Waals surface area contributed by atoms with Gasteiger partial charge in [-0.2, -0.15) is 0 Å². The maximum atomic E-state index is 15.0. The van der Waals surface area contributed by atoms with E-state index in [2.05, 4.69) is 0 Å². The first kappa shape index (κ1) is 32.0. The second-order valence-corrected chi connectivity index (χ2v) is 13.3. The number of hydrogen-bond donors (Lipinski definition) is 1. The lowest BCUT2D eigenvalue weighted by atomic mass is 9.74. The van der Waals surface area contributed by atoms with Crippen molar-refractivity contribution in [2.75, 3.05) is 36.1 Å². The average molecular weight is 628 g/mol. The van der Waals surface area contributed by atoms with Gasteiger partial charge in [-0.25, -0.2) is 0 Å². The number of nitrogens with zero attached hydrogens (tertiary/aromatic N) is 3. The molecular weight excluding hydrogens is 582 g/mol. The molecule has 2 aromatic carbocycles. The molecule has 4 heterocycles. The number of anilines is 2. The van der Waals surface area contributed by atoms with E-state index in [1.807, 2.05) is 108 Å². The molecule has 9 heteroatoms. The zero-order valence-electron chi connectivity index (χ0n) is 27.6. The SMILES string of the molecule is CCOc1ccc(N2CC=C[C@]3(C)O[C@]45C=CCN(c6cc(C)ccc6C)C(=O)C4N([C@@H](CO)[C@@H](C)CC)C(=O)[C@@H]5[C@@H]3C2=O)cc1. The summed E-state index contributed by atoms with van der Waals surface area (Å²) < 4.78 is 12.6. The van der Waals surface area contributed by atoms with E-state index in [0.717, 1.165) is 16.8 Å². The molecule has 9 nitrogen and oxygen atoms in total. The number of carbonyl (C=O) groups excluding carboxylic acids is 3. The molecule has 2 aromatic rings. The monoisotopic (exact) mass is 627 g/mol. The highest BCUT2D eigenvalue weighted by atomic mass is 16.5. The fraction of sp³-hybridized carbons (Fsp3) is 0.486. The molecule has 244 valence electrons. The summed E-state index contributed by atoms with van der Waals surface area (Å²) in [6, 6.07) is 11.6. The molecule has 1 N–H and O–H groups in total. The van der Waals surface area contributed by atoms with Gasteiger partial charge in [0.15, 0.2) is 0 Å². The van der Waals surface area contributed by atoms with Crippen LogP contribution in [-0.4, -0.2) is 77.3 Å². The minimum absolute atomic E-state index is 0.101. The fourth-order valence-corrected chi connectivity index (χ4v) is 7.98. The van der Waals surface area contributed by atoms with Gasteiger partial charge in [0.1, 0.15) is 17.4 Å². The molecule has 4 aliphatic heterocycles. The van der Waals surface area contributed by atoms with Crippen LogP contribution < -0.4 is 14.5 Å². The Morgan fingerprint density at radius 3 is 2.30 bits per heavy atom. The van der Waals surface area contributed by atoms with Crippen molar-refractivity contribution in [1.29, 1.82) is 0 Å². The first-order valence-corrected chi connectivity index (χ1v) is 16.4. The third-order valence-electron chi connectivity index (χ3n) is 10.5. The van der Waals surface area contributed by atoms with Crippen LogP contribution in [0.25, 0.3) is 0 Å². The largest absolute Gasteiger partial charge is 0.494 e. The summed E-state index contributed by atoms with van der Waals surface area (Å²) in [4.78, 5) is 49.5. The zero-order valence-corrected chi connectivity index (χ0v) is 27.6. The molecule has 1 spiro atoms. The summed E-state index contributed by atoms with van der Waals surface area (Å²) >= 11 is 0. The van der Waals surface area contributed by atoms with E-state index in [1.165, 1.54) is 0 Å². The Morgan fingerprint density at radius 2 is 1.63 bits per heavy atom. The molecular formula is C37H45N3O6. The number of carbonyl (C=O) groups is 3. The summed E-state index contributed by atoms with van der Waals surface area (Å²) in [6.07, 6.45) is 8.24. The van der Waals surface area contributed by atoms with Crippen LogP contribution in [0.5, 0.6) is 5.75 Å². The smallest absolute Gasteiger partial charge is 0.253 e. The van der Waals surface area contributed by atoms with Crippen LogP contribution in [-0.2, 0) is 19.1 Å². The number of benzene rings is 2. The number of hydrogen-bond acceptors (Lipinski definition) is 6. The van der Waals surface area contributed by atoms with Crippen molar-refractivity contribution in [3.63, 3.8) is 0 Å². The highest BCUT2D eigenvalue weighted by Crippen LogP contribution is 2.58. The summed E-state index contributed by atoms with van der Waals surface area (Å²) in [5, 5.41) is 10.7. The van der Waals surface area contributed by atoms with Crippen LogP contribution in [0.3, 0.4) is 0 Å². The standard InChI is InChI=1S/C37H45N3O6/c1-7-24(4)29(22-41)40-32-35(44)39(28-21-23(3)11-12-25(28)5)20-10-18-37(32)31(34(40)43)30-33(42)38(19-9-17-36(30,6)46-37)26-13-15-27(16-14-26)45-8-2/h9-18,21,24,29-32,41H,7-8,19-20,22H2,1-6H3/t24-,29-,30+,31-,32?,36-,37-/m0/s1. The number of aliphatic hydroxyl groups is 1. The molecule has 2 fully saturated rings. The van der Waals surface area contributed by atoms with Gasteiger partial charge in [-0.1, -0.05) is 56.7 Å². The quantitative estimate of drug-likeness (QED) is 0.430. The maximum Gasteiger partial charge on any atom is 0.253 e. The van der Waals surface area contributed by atoms with E-state index in [9.17, 15) is 19.5 Å². The Kier molecular flexibility index (Phi) is 8.36. The molecule has 0 aliphatic carbocycles. The average Bonchev–Trinajstić information content (AvgIpc) is 3.30. The van der Waals surface area contributed by atoms with Crippen molar-refractivity contribution in [2.45, 2.75) is 71.2 Å². The van der Waals surface area contributed by atoms with E-state index in [-0.39, 0.29) is 36.8 Å². The Morgan fingerprint density at radius 1 is 0.935 bits per heavy atom. The van der Waals surface area contributed by atoms with Crippen LogP contribution >= 0.6 is 0 Å². The van der Waals surface area contributed by atoms with Crippen LogP contribution in [0.1, 0.15) is 45.2 Å². The van der Waals surface area contributed by atoms with Crippen LogP contribution in [0, 0.1) is 31.6 Å². The summed E-state index contributed by atoms with van der Waals surface area (Å²) in [7, 11) is 0. The highest BCUT2D eigenvalue weighted by Gasteiger charge is 2.75. The van der Waals surface area contributed by atoms with Gasteiger partial charge >= 0.3 is 0 Å². The van der Waals surface area contributed by atoms with Crippen molar-refractivity contribution >= 4 is 29.1 Å². The Bertz CT molecular complexity index is 1590. The second-order valence-electron chi connectivity index (χ2n) is 13.3. The summed E-state index contributed by atoms with van der Waals surface area (Å²) in [5.74, 6) is -2.13. The van der Waals surface area contributed by atoms with Gasteiger partial charge in [-0.05, 0) is 75.1 Å². The number of aliphatic hydroxyl groups excluding tert-OH is 1. The first-order valence-electron chi connectivity index (χ1n) is 16.4.